The van der Waals surface area contributed by atoms with Gasteiger partial charge in [0.25, 0.3) is 17.6 Å². The first-order valence-electron chi connectivity index (χ1n) is 14.2. The lowest BCUT2D eigenvalue weighted by atomic mass is 10.0. The zero-order valence-electron chi connectivity index (χ0n) is 23.4. The third-order valence-electron chi connectivity index (χ3n) is 8.13. The number of halogens is 1. The Hall–Kier alpha value is -3.36. The summed E-state index contributed by atoms with van der Waals surface area (Å²) >= 11 is 6.21. The number of nitrogens with zero attached hydrogens (tertiary/aromatic N) is 3. The van der Waals surface area contributed by atoms with Crippen molar-refractivity contribution < 1.29 is 19.1 Å². The van der Waals surface area contributed by atoms with Crippen molar-refractivity contribution >= 4 is 40.1 Å². The summed E-state index contributed by atoms with van der Waals surface area (Å²) in [4.78, 5) is 49.2. The first-order chi connectivity index (χ1) is 19.3. The number of amides is 2. The van der Waals surface area contributed by atoms with Gasteiger partial charge in [-0.2, -0.15) is 0 Å². The summed E-state index contributed by atoms with van der Waals surface area (Å²) in [7, 11) is 0. The van der Waals surface area contributed by atoms with Crippen LogP contribution in [0.1, 0.15) is 66.3 Å². The fraction of sp³-hybridized carbons (Fsp3) is 0.452. The van der Waals surface area contributed by atoms with E-state index in [2.05, 4.69) is 29.8 Å². The second-order valence-corrected chi connectivity index (χ2v) is 11.3. The van der Waals surface area contributed by atoms with Gasteiger partial charge in [0.1, 0.15) is 5.75 Å². The van der Waals surface area contributed by atoms with E-state index in [4.69, 9.17) is 16.3 Å². The van der Waals surface area contributed by atoms with Gasteiger partial charge in [0.05, 0.1) is 17.7 Å². The summed E-state index contributed by atoms with van der Waals surface area (Å²) < 4.78 is 5.91. The van der Waals surface area contributed by atoms with Crippen LogP contribution in [0.15, 0.2) is 42.6 Å². The number of aromatic nitrogens is 1. The number of fused-ring (bicyclic) bond motifs is 1. The van der Waals surface area contributed by atoms with E-state index in [-0.39, 0.29) is 23.6 Å². The van der Waals surface area contributed by atoms with Crippen molar-refractivity contribution in [2.45, 2.75) is 58.7 Å². The van der Waals surface area contributed by atoms with Crippen LogP contribution in [-0.4, -0.2) is 82.2 Å². The van der Waals surface area contributed by atoms with Crippen LogP contribution in [0.3, 0.4) is 0 Å². The number of likely N-dealkylation sites (tertiary alicyclic amines) is 1. The largest absolute Gasteiger partial charge is 0.493 e. The van der Waals surface area contributed by atoms with Gasteiger partial charge in [-0.15, -0.1) is 0 Å². The highest BCUT2D eigenvalue weighted by atomic mass is 35.5. The van der Waals surface area contributed by atoms with Gasteiger partial charge in [0.2, 0.25) is 0 Å². The van der Waals surface area contributed by atoms with Crippen LogP contribution < -0.4 is 4.74 Å². The number of nitrogens with one attached hydrogen (secondary N) is 1. The fourth-order valence-electron chi connectivity index (χ4n) is 5.81. The zero-order chi connectivity index (χ0) is 28.4. The molecule has 8 nitrogen and oxygen atoms in total. The summed E-state index contributed by atoms with van der Waals surface area (Å²) in [6, 6.07) is 11.5. The first kappa shape index (κ1) is 28.2. The molecule has 212 valence electrons. The molecule has 3 aromatic rings. The highest BCUT2D eigenvalue weighted by Gasteiger charge is 2.33. The number of benzene rings is 2. The predicted octanol–water partition coefficient (Wildman–Crippen LogP) is 5.15. The fourth-order valence-corrected chi connectivity index (χ4v) is 6.02. The van der Waals surface area contributed by atoms with Crippen LogP contribution >= 0.6 is 11.6 Å². The van der Waals surface area contributed by atoms with Crippen molar-refractivity contribution in [1.29, 1.82) is 0 Å². The quantitative estimate of drug-likeness (QED) is 0.317. The molecule has 2 aromatic carbocycles. The average Bonchev–Trinajstić information content (AvgIpc) is 3.60. The van der Waals surface area contributed by atoms with E-state index < -0.39 is 11.7 Å². The number of ether oxygens (including phenoxy) is 1. The Morgan fingerprint density at radius 3 is 2.52 bits per heavy atom. The molecule has 2 amide bonds. The minimum absolute atomic E-state index is 0.00792. The maximum absolute atomic E-state index is 14.1. The molecule has 2 fully saturated rings. The van der Waals surface area contributed by atoms with Gasteiger partial charge < -0.3 is 19.5 Å². The van der Waals surface area contributed by atoms with Crippen LogP contribution in [0.4, 0.5) is 0 Å². The van der Waals surface area contributed by atoms with Gasteiger partial charge in [-0.1, -0.05) is 23.7 Å². The number of H-pyrrole nitrogens is 1. The molecule has 1 aromatic heterocycles. The maximum Gasteiger partial charge on any atom is 0.295 e. The van der Waals surface area contributed by atoms with Gasteiger partial charge in [0.15, 0.2) is 0 Å². The first-order valence-corrected chi connectivity index (χ1v) is 14.6. The Balaban J connectivity index is 1.43. The number of Topliss-reactive ketones (excluding diaryl/α,β-unsaturated/α-hetero) is 1. The minimum atomic E-state index is -0.552. The van der Waals surface area contributed by atoms with Crippen LogP contribution in [-0.2, 0) is 11.3 Å². The molecule has 40 heavy (non-hydrogen) atoms. The molecule has 9 heteroatoms. The van der Waals surface area contributed by atoms with Gasteiger partial charge in [-0.3, -0.25) is 19.3 Å². The highest BCUT2D eigenvalue weighted by molar-refractivity contribution is 6.45. The Morgan fingerprint density at radius 1 is 1.02 bits per heavy atom. The Bertz CT molecular complexity index is 1410. The summed E-state index contributed by atoms with van der Waals surface area (Å²) in [6.45, 7) is 9.85. The van der Waals surface area contributed by atoms with E-state index in [0.717, 1.165) is 37.9 Å². The molecule has 2 aliphatic heterocycles. The number of ketones is 1. The SMILES string of the molecule is CCOc1cc2[nH]cc(C(=O)C(=O)N3CCCC3)c2cc1C(=O)N1C[C@H](C)N(Cc2cccc(Cl)c2)CC[C@H]1C. The van der Waals surface area contributed by atoms with Crippen LogP contribution in [0, 0.1) is 0 Å². The average molecular weight is 565 g/mol. The third kappa shape index (κ3) is 5.74. The second kappa shape index (κ2) is 12.0. The molecule has 0 bridgehead atoms. The topological polar surface area (TPSA) is 85.9 Å². The Labute approximate surface area is 240 Å². The monoisotopic (exact) mass is 564 g/mol. The van der Waals surface area contributed by atoms with E-state index in [1.807, 2.05) is 30.0 Å². The van der Waals surface area contributed by atoms with Crippen LogP contribution in [0.5, 0.6) is 5.75 Å². The molecule has 2 atom stereocenters. The number of aromatic amines is 1. The van der Waals surface area contributed by atoms with E-state index in [1.165, 1.54) is 0 Å². The van der Waals surface area contributed by atoms with Crippen molar-refractivity contribution in [2.75, 3.05) is 32.8 Å². The lowest BCUT2D eigenvalue weighted by molar-refractivity contribution is -0.125. The highest BCUT2D eigenvalue weighted by Crippen LogP contribution is 2.31. The minimum Gasteiger partial charge on any atom is -0.493 e. The lowest BCUT2D eigenvalue weighted by Crippen LogP contribution is -2.43. The number of carbonyl (C=O) groups excluding carboxylic acids is 3. The number of carbonyl (C=O) groups is 3. The molecule has 0 saturated carbocycles. The van der Waals surface area contributed by atoms with Gasteiger partial charge in [-0.05, 0) is 63.8 Å². The normalized spacial score (nSPS) is 20.1. The van der Waals surface area contributed by atoms with Crippen LogP contribution in [0.25, 0.3) is 10.9 Å². The summed E-state index contributed by atoms with van der Waals surface area (Å²) in [5.74, 6) is -0.717. The smallest absolute Gasteiger partial charge is 0.295 e. The van der Waals surface area contributed by atoms with Crippen molar-refractivity contribution in [3.8, 4) is 5.75 Å². The number of rotatable bonds is 7. The van der Waals surface area contributed by atoms with E-state index in [0.29, 0.717) is 53.5 Å². The van der Waals surface area contributed by atoms with Gasteiger partial charge >= 0.3 is 0 Å². The van der Waals surface area contributed by atoms with E-state index in [1.54, 1.807) is 23.2 Å². The number of hydrogen-bond acceptors (Lipinski definition) is 5. The zero-order valence-corrected chi connectivity index (χ0v) is 24.2. The van der Waals surface area contributed by atoms with Crippen molar-refractivity contribution in [1.82, 2.24) is 19.7 Å². The van der Waals surface area contributed by atoms with Gasteiger partial charge in [-0.25, -0.2) is 0 Å². The predicted molar refractivity (Wildman–Crippen MR) is 156 cm³/mol. The molecular formula is C31H37ClN4O4. The molecule has 2 saturated heterocycles. The molecule has 5 rings (SSSR count). The molecule has 0 radical (unpaired) electrons. The van der Waals surface area contributed by atoms with Crippen molar-refractivity contribution in [2.24, 2.45) is 0 Å². The number of hydrogen-bond donors (Lipinski definition) is 1. The summed E-state index contributed by atoms with van der Waals surface area (Å²) in [6.07, 6.45) is 4.20. The Morgan fingerprint density at radius 2 is 1.80 bits per heavy atom. The summed E-state index contributed by atoms with van der Waals surface area (Å²) in [5, 5.41) is 1.27. The molecule has 0 unspecified atom stereocenters. The van der Waals surface area contributed by atoms with Crippen LogP contribution in [0.2, 0.25) is 5.02 Å². The second-order valence-electron chi connectivity index (χ2n) is 10.9. The standard InChI is InChI=1S/C31H37ClN4O4/c1-4-40-28-16-27-24(26(17-33-27)29(37)31(39)34-11-5-6-12-34)15-25(28)30(38)36-18-21(3)35(13-10-20(36)2)19-22-8-7-9-23(32)14-22/h7-9,14-17,20-21,33H,4-6,10-13,18-19H2,1-3H3/t20-,21+/m1/s1. The lowest BCUT2D eigenvalue weighted by Gasteiger charge is -2.31. The molecule has 2 aliphatic rings. The van der Waals surface area contributed by atoms with Gasteiger partial charge in [0, 0.05) is 73.0 Å². The summed E-state index contributed by atoms with van der Waals surface area (Å²) in [5.41, 5.74) is 2.49. The molecule has 0 aliphatic carbocycles. The maximum atomic E-state index is 14.1. The van der Waals surface area contributed by atoms with E-state index in [9.17, 15) is 14.4 Å². The third-order valence-corrected chi connectivity index (χ3v) is 8.37. The van der Waals surface area contributed by atoms with Crippen molar-refractivity contribution in [3.63, 3.8) is 0 Å². The molecular weight excluding hydrogens is 528 g/mol. The molecule has 0 spiro atoms. The Kier molecular flexibility index (Phi) is 8.47. The molecule has 3 heterocycles. The van der Waals surface area contributed by atoms with Crippen molar-refractivity contribution in [3.05, 3.63) is 64.3 Å². The van der Waals surface area contributed by atoms with E-state index >= 15 is 0 Å². The molecule has 1 N–H and O–H groups in total.